The highest BCUT2D eigenvalue weighted by atomic mass is 16.5. The lowest BCUT2D eigenvalue weighted by Gasteiger charge is -2.39. The quantitative estimate of drug-likeness (QED) is 0.619. The van der Waals surface area contributed by atoms with E-state index >= 15 is 0 Å². The predicted molar refractivity (Wildman–Crippen MR) is 60.6 cm³/mol. The summed E-state index contributed by atoms with van der Waals surface area (Å²) < 4.78 is 6.04. The minimum Gasteiger partial charge on any atom is -0.374 e. The summed E-state index contributed by atoms with van der Waals surface area (Å²) in [7, 11) is 0. The van der Waals surface area contributed by atoms with Crippen LogP contribution in [0.5, 0.6) is 0 Å². The van der Waals surface area contributed by atoms with Gasteiger partial charge in [-0.15, -0.1) is 0 Å². The fraction of sp³-hybridized carbons (Fsp3) is 0.846. The number of ether oxygens (including phenoxy) is 1. The molecule has 2 N–H and O–H groups in total. The Morgan fingerprint density at radius 1 is 1.13 bits per heavy atom. The van der Waals surface area contributed by atoms with Crippen LogP contribution in [0.1, 0.15) is 51.4 Å². The van der Waals surface area contributed by atoms with E-state index in [4.69, 9.17) is 10.5 Å². The number of nitrogens with two attached hydrogens (primary N) is 1. The van der Waals surface area contributed by atoms with Crippen LogP contribution in [0.4, 0.5) is 0 Å². The van der Waals surface area contributed by atoms with Crippen molar-refractivity contribution in [2.45, 2.75) is 63.0 Å². The molecule has 15 heavy (non-hydrogen) atoms. The second-order valence-corrected chi connectivity index (χ2v) is 5.54. The third-order valence-corrected chi connectivity index (χ3v) is 4.38. The summed E-state index contributed by atoms with van der Waals surface area (Å²) in [5.41, 5.74) is 9.47. The average molecular weight is 207 g/mol. The van der Waals surface area contributed by atoms with E-state index in [0.29, 0.717) is 6.04 Å². The first-order chi connectivity index (χ1) is 7.27. The highest BCUT2D eigenvalue weighted by Gasteiger charge is 2.39. The molecule has 0 amide bonds. The normalized spacial score (nSPS) is 34.6. The Hall–Kier alpha value is -0.340. The zero-order chi connectivity index (χ0) is 10.3. The number of hydrogen-bond acceptors (Lipinski definition) is 2. The summed E-state index contributed by atoms with van der Waals surface area (Å²) in [6.45, 7) is 0.952. The van der Waals surface area contributed by atoms with Gasteiger partial charge in [0.2, 0.25) is 0 Å². The van der Waals surface area contributed by atoms with Crippen molar-refractivity contribution in [2.75, 3.05) is 6.61 Å². The van der Waals surface area contributed by atoms with Gasteiger partial charge in [0.1, 0.15) is 0 Å². The molecule has 2 heteroatoms. The summed E-state index contributed by atoms with van der Waals surface area (Å²) in [6, 6.07) is 0.454. The van der Waals surface area contributed by atoms with Crippen LogP contribution in [0.15, 0.2) is 11.1 Å². The molecule has 1 heterocycles. The minimum atomic E-state index is 0.250. The Bertz CT molecular complexity index is 281. The molecule has 0 aromatic rings. The van der Waals surface area contributed by atoms with Gasteiger partial charge in [-0.2, -0.15) is 0 Å². The summed E-state index contributed by atoms with van der Waals surface area (Å²) in [4.78, 5) is 0. The van der Waals surface area contributed by atoms with Gasteiger partial charge in [0.25, 0.3) is 0 Å². The fourth-order valence-corrected chi connectivity index (χ4v) is 3.42. The van der Waals surface area contributed by atoms with Crippen molar-refractivity contribution in [1.29, 1.82) is 0 Å². The molecule has 3 rings (SSSR count). The Balaban J connectivity index is 1.74. The van der Waals surface area contributed by atoms with E-state index < -0.39 is 0 Å². The van der Waals surface area contributed by atoms with Crippen LogP contribution in [0.25, 0.3) is 0 Å². The van der Waals surface area contributed by atoms with Crippen molar-refractivity contribution in [1.82, 2.24) is 0 Å². The Labute approximate surface area is 91.9 Å². The monoisotopic (exact) mass is 207 g/mol. The van der Waals surface area contributed by atoms with E-state index in [-0.39, 0.29) is 5.60 Å². The summed E-state index contributed by atoms with van der Waals surface area (Å²) >= 11 is 0. The average Bonchev–Trinajstić information content (AvgIpc) is 2.62. The maximum absolute atomic E-state index is 6.04. The number of hydrogen-bond donors (Lipinski definition) is 1. The first-order valence-electron chi connectivity index (χ1n) is 6.37. The van der Waals surface area contributed by atoms with Gasteiger partial charge in [-0.3, -0.25) is 0 Å². The van der Waals surface area contributed by atoms with Crippen molar-refractivity contribution >= 4 is 0 Å². The van der Waals surface area contributed by atoms with Gasteiger partial charge < -0.3 is 10.5 Å². The topological polar surface area (TPSA) is 35.2 Å². The molecule has 1 spiro atoms. The predicted octanol–water partition coefficient (Wildman–Crippen LogP) is 2.53. The highest BCUT2D eigenvalue weighted by molar-refractivity contribution is 5.26. The molecule has 1 saturated heterocycles. The Kier molecular flexibility index (Phi) is 2.37. The van der Waals surface area contributed by atoms with E-state index in [2.05, 4.69) is 0 Å². The summed E-state index contributed by atoms with van der Waals surface area (Å²) in [5.74, 6) is 0. The minimum absolute atomic E-state index is 0.250. The smallest absolute Gasteiger partial charge is 0.0719 e. The molecule has 0 aromatic carbocycles. The molecule has 0 atom stereocenters. The molecule has 3 fully saturated rings. The standard InChI is InChI=1S/C13H21NO/c14-12-7-11(8-12)10-3-6-15-13(9-10)4-1-2-5-13/h12H,1-9,14H2. The van der Waals surface area contributed by atoms with Gasteiger partial charge in [0, 0.05) is 6.04 Å². The second-order valence-electron chi connectivity index (χ2n) is 5.54. The molecule has 3 aliphatic rings. The first-order valence-corrected chi connectivity index (χ1v) is 6.37. The van der Waals surface area contributed by atoms with Crippen LogP contribution in [-0.4, -0.2) is 18.2 Å². The van der Waals surface area contributed by atoms with Gasteiger partial charge >= 0.3 is 0 Å². The summed E-state index contributed by atoms with van der Waals surface area (Å²) in [5, 5.41) is 0. The van der Waals surface area contributed by atoms with Crippen molar-refractivity contribution < 1.29 is 4.74 Å². The van der Waals surface area contributed by atoms with Crippen LogP contribution in [-0.2, 0) is 4.74 Å². The maximum Gasteiger partial charge on any atom is 0.0719 e. The van der Waals surface area contributed by atoms with E-state index in [0.717, 1.165) is 19.4 Å². The lowest BCUT2D eigenvalue weighted by atomic mass is 9.77. The molecule has 1 aliphatic heterocycles. The maximum atomic E-state index is 6.04. The molecule has 0 unspecified atom stereocenters. The fourth-order valence-electron chi connectivity index (χ4n) is 3.42. The van der Waals surface area contributed by atoms with E-state index in [1.807, 2.05) is 0 Å². The van der Waals surface area contributed by atoms with Crippen molar-refractivity contribution in [3.63, 3.8) is 0 Å². The van der Waals surface area contributed by atoms with Crippen molar-refractivity contribution in [3.8, 4) is 0 Å². The lowest BCUT2D eigenvalue weighted by Crippen LogP contribution is -2.37. The zero-order valence-corrected chi connectivity index (χ0v) is 9.43. The molecule has 0 aromatic heterocycles. The highest BCUT2D eigenvalue weighted by Crippen LogP contribution is 2.44. The first kappa shape index (κ1) is 9.86. The molecule has 84 valence electrons. The largest absolute Gasteiger partial charge is 0.374 e. The molecular weight excluding hydrogens is 186 g/mol. The van der Waals surface area contributed by atoms with Crippen molar-refractivity contribution in [3.05, 3.63) is 11.1 Å². The van der Waals surface area contributed by atoms with Crippen LogP contribution in [0.3, 0.4) is 0 Å². The van der Waals surface area contributed by atoms with E-state index in [1.54, 1.807) is 11.1 Å². The van der Waals surface area contributed by atoms with Crippen LogP contribution in [0, 0.1) is 0 Å². The molecule has 0 bridgehead atoms. The lowest BCUT2D eigenvalue weighted by molar-refractivity contribution is -0.0566. The van der Waals surface area contributed by atoms with Crippen LogP contribution < -0.4 is 5.73 Å². The van der Waals surface area contributed by atoms with E-state index in [1.165, 1.54) is 38.5 Å². The third-order valence-electron chi connectivity index (χ3n) is 4.38. The third kappa shape index (κ3) is 1.74. The van der Waals surface area contributed by atoms with Crippen molar-refractivity contribution in [2.24, 2.45) is 5.73 Å². The Morgan fingerprint density at radius 2 is 1.87 bits per heavy atom. The van der Waals surface area contributed by atoms with Gasteiger partial charge in [-0.25, -0.2) is 0 Å². The van der Waals surface area contributed by atoms with Gasteiger partial charge in [0.15, 0.2) is 0 Å². The van der Waals surface area contributed by atoms with Crippen LogP contribution in [0.2, 0.25) is 0 Å². The van der Waals surface area contributed by atoms with Gasteiger partial charge in [0.05, 0.1) is 12.2 Å². The SMILES string of the molecule is NC1CC(=C2CCOC3(CCCC3)C2)C1. The molecular formula is C13H21NO. The van der Waals surface area contributed by atoms with E-state index in [9.17, 15) is 0 Å². The van der Waals surface area contributed by atoms with Crippen LogP contribution >= 0.6 is 0 Å². The molecule has 2 saturated carbocycles. The Morgan fingerprint density at radius 3 is 2.53 bits per heavy atom. The summed E-state index contributed by atoms with van der Waals surface area (Å²) in [6.07, 6.45) is 10.0. The zero-order valence-electron chi connectivity index (χ0n) is 9.43. The molecule has 2 aliphatic carbocycles. The number of rotatable bonds is 0. The molecule has 0 radical (unpaired) electrons. The van der Waals surface area contributed by atoms with Gasteiger partial charge in [-0.1, -0.05) is 24.0 Å². The van der Waals surface area contributed by atoms with Gasteiger partial charge in [-0.05, 0) is 38.5 Å². The second kappa shape index (κ2) is 3.60. The molecule has 2 nitrogen and oxygen atoms in total.